The predicted molar refractivity (Wildman–Crippen MR) is 132 cm³/mol. The highest BCUT2D eigenvalue weighted by Crippen LogP contribution is 2.29. The molecule has 5 rings (SSSR count). The molecule has 1 aliphatic rings. The number of aryl methyl sites for hydroxylation is 1. The smallest absolute Gasteiger partial charge is 0.258 e. The number of hydrogen-bond donors (Lipinski definition) is 1. The highest BCUT2D eigenvalue weighted by Gasteiger charge is 2.35. The molecule has 8 heteroatoms. The summed E-state index contributed by atoms with van der Waals surface area (Å²) >= 11 is 0. The molecule has 176 valence electrons. The summed E-state index contributed by atoms with van der Waals surface area (Å²) < 4.78 is 10.6. The summed E-state index contributed by atoms with van der Waals surface area (Å²) in [6.45, 7) is 2.34. The zero-order chi connectivity index (χ0) is 24.4. The van der Waals surface area contributed by atoms with Crippen molar-refractivity contribution in [3.05, 3.63) is 78.4 Å². The van der Waals surface area contributed by atoms with Gasteiger partial charge in [-0.25, -0.2) is 0 Å². The van der Waals surface area contributed by atoms with E-state index < -0.39 is 5.92 Å². The van der Waals surface area contributed by atoms with Crippen LogP contribution >= 0.6 is 0 Å². The summed E-state index contributed by atoms with van der Waals surface area (Å²) in [4.78, 5) is 31.6. The van der Waals surface area contributed by atoms with Gasteiger partial charge in [-0.1, -0.05) is 41.1 Å². The van der Waals surface area contributed by atoms with E-state index in [1.807, 2.05) is 55.5 Å². The monoisotopic (exact) mass is 468 g/mol. The van der Waals surface area contributed by atoms with Gasteiger partial charge in [-0.2, -0.15) is 4.98 Å². The normalized spacial score (nSPS) is 15.3. The first-order chi connectivity index (χ1) is 17.0. The van der Waals surface area contributed by atoms with Gasteiger partial charge >= 0.3 is 0 Å². The van der Waals surface area contributed by atoms with Crippen LogP contribution in [-0.2, 0) is 9.59 Å². The van der Waals surface area contributed by atoms with Crippen molar-refractivity contribution in [1.29, 1.82) is 0 Å². The van der Waals surface area contributed by atoms with Gasteiger partial charge in [-0.15, -0.1) is 0 Å². The van der Waals surface area contributed by atoms with Crippen LogP contribution in [-0.4, -0.2) is 35.6 Å². The first-order valence-electron chi connectivity index (χ1n) is 11.3. The van der Waals surface area contributed by atoms with Crippen LogP contribution in [0.5, 0.6) is 5.75 Å². The van der Waals surface area contributed by atoms with Crippen LogP contribution in [0.1, 0.15) is 12.0 Å². The molecule has 8 nitrogen and oxygen atoms in total. The molecule has 1 saturated heterocycles. The first-order valence-corrected chi connectivity index (χ1v) is 11.3. The van der Waals surface area contributed by atoms with Crippen molar-refractivity contribution in [2.75, 3.05) is 23.9 Å². The number of nitrogens with one attached hydrogen (secondary N) is 1. The Morgan fingerprint density at radius 3 is 2.57 bits per heavy atom. The quantitative estimate of drug-likeness (QED) is 0.440. The van der Waals surface area contributed by atoms with Crippen LogP contribution in [0.2, 0.25) is 0 Å². The topological polar surface area (TPSA) is 97.6 Å². The number of aromatic nitrogens is 2. The maximum atomic E-state index is 12.9. The average Bonchev–Trinajstić information content (AvgIpc) is 3.52. The van der Waals surface area contributed by atoms with Crippen molar-refractivity contribution >= 4 is 23.2 Å². The molecule has 1 aromatic heterocycles. The summed E-state index contributed by atoms with van der Waals surface area (Å²) in [6.07, 6.45) is 0.154. The third-order valence-electron chi connectivity index (χ3n) is 5.99. The van der Waals surface area contributed by atoms with E-state index in [-0.39, 0.29) is 18.2 Å². The van der Waals surface area contributed by atoms with Gasteiger partial charge in [0.15, 0.2) is 0 Å². The number of ether oxygens (including phenoxy) is 1. The van der Waals surface area contributed by atoms with Crippen molar-refractivity contribution in [3.8, 4) is 28.6 Å². The van der Waals surface area contributed by atoms with Gasteiger partial charge in [-0.3, -0.25) is 9.59 Å². The minimum Gasteiger partial charge on any atom is -0.497 e. The highest BCUT2D eigenvalue weighted by atomic mass is 16.5. The second-order valence-corrected chi connectivity index (χ2v) is 8.46. The molecule has 2 amide bonds. The molecular formula is C27H24N4O4. The van der Waals surface area contributed by atoms with Crippen LogP contribution in [0.25, 0.3) is 22.8 Å². The summed E-state index contributed by atoms with van der Waals surface area (Å²) in [5, 5.41) is 7.00. The lowest BCUT2D eigenvalue weighted by molar-refractivity contribution is -0.122. The van der Waals surface area contributed by atoms with Gasteiger partial charge in [0.1, 0.15) is 5.75 Å². The zero-order valence-electron chi connectivity index (χ0n) is 19.4. The van der Waals surface area contributed by atoms with Gasteiger partial charge in [0, 0.05) is 35.5 Å². The van der Waals surface area contributed by atoms with Crippen molar-refractivity contribution < 1.29 is 18.8 Å². The van der Waals surface area contributed by atoms with Gasteiger partial charge in [0.05, 0.1) is 13.0 Å². The lowest BCUT2D eigenvalue weighted by Gasteiger charge is -2.17. The Bertz CT molecular complexity index is 1360. The van der Waals surface area contributed by atoms with Crippen molar-refractivity contribution in [2.24, 2.45) is 5.92 Å². The molecule has 0 spiro atoms. The second kappa shape index (κ2) is 9.42. The molecule has 1 unspecified atom stereocenters. The fourth-order valence-corrected chi connectivity index (χ4v) is 4.03. The van der Waals surface area contributed by atoms with E-state index in [4.69, 9.17) is 9.26 Å². The van der Waals surface area contributed by atoms with Gasteiger partial charge in [-0.05, 0) is 49.4 Å². The fraction of sp³-hybridized carbons (Fsp3) is 0.185. The summed E-state index contributed by atoms with van der Waals surface area (Å²) in [5.74, 6) is 0.818. The SMILES string of the molecule is COc1ccc(N2CC(C(=O)Nc3cccc(-c4nc(-c5ccc(C)cc5)no4)c3)CC2=O)cc1. The van der Waals surface area contributed by atoms with E-state index in [1.165, 1.54) is 0 Å². The van der Waals surface area contributed by atoms with Gasteiger partial charge in [0.25, 0.3) is 5.89 Å². The average molecular weight is 469 g/mol. The highest BCUT2D eigenvalue weighted by molar-refractivity contribution is 6.03. The standard InChI is InChI=1S/C27H24N4O4/c1-17-6-8-18(9-7-17)25-29-27(35-30-25)19-4-3-5-21(14-19)28-26(33)20-15-24(32)31(16-20)22-10-12-23(34-2)13-11-22/h3-14,20H,15-16H2,1-2H3,(H,28,33). The molecular weight excluding hydrogens is 444 g/mol. The zero-order valence-corrected chi connectivity index (χ0v) is 19.4. The molecule has 0 aliphatic carbocycles. The van der Waals surface area contributed by atoms with Crippen molar-refractivity contribution in [3.63, 3.8) is 0 Å². The van der Waals surface area contributed by atoms with E-state index in [0.29, 0.717) is 35.3 Å². The Labute approximate surface area is 202 Å². The van der Waals surface area contributed by atoms with Gasteiger partial charge < -0.3 is 19.5 Å². The number of amides is 2. The molecule has 4 aromatic rings. The number of nitrogens with zero attached hydrogens (tertiary/aromatic N) is 3. The van der Waals surface area contributed by atoms with E-state index in [1.54, 1.807) is 36.3 Å². The maximum Gasteiger partial charge on any atom is 0.258 e. The third kappa shape index (κ3) is 4.77. The summed E-state index contributed by atoms with van der Waals surface area (Å²) in [5.41, 5.74) is 4.04. The van der Waals surface area contributed by atoms with Crippen LogP contribution in [0, 0.1) is 12.8 Å². The lowest BCUT2D eigenvalue weighted by Crippen LogP contribution is -2.28. The number of anilines is 2. The van der Waals surface area contributed by atoms with Crippen LogP contribution in [0.3, 0.4) is 0 Å². The molecule has 0 saturated carbocycles. The third-order valence-corrected chi connectivity index (χ3v) is 5.99. The first kappa shape index (κ1) is 22.3. The Hall–Kier alpha value is -4.46. The number of rotatable bonds is 6. The Balaban J connectivity index is 1.27. The molecule has 1 atom stereocenters. The molecule has 0 radical (unpaired) electrons. The molecule has 1 aliphatic heterocycles. The lowest BCUT2D eigenvalue weighted by atomic mass is 10.1. The van der Waals surface area contributed by atoms with Crippen LogP contribution in [0.15, 0.2) is 77.3 Å². The number of methoxy groups -OCH3 is 1. The number of carbonyl (C=O) groups excluding carboxylic acids is 2. The van der Waals surface area contributed by atoms with E-state index in [2.05, 4.69) is 15.5 Å². The van der Waals surface area contributed by atoms with Gasteiger partial charge in [0.2, 0.25) is 17.6 Å². The molecule has 0 bridgehead atoms. The Morgan fingerprint density at radius 2 is 1.83 bits per heavy atom. The minimum atomic E-state index is -0.454. The molecule has 3 aromatic carbocycles. The summed E-state index contributed by atoms with van der Waals surface area (Å²) in [6, 6.07) is 22.3. The summed E-state index contributed by atoms with van der Waals surface area (Å²) in [7, 11) is 1.59. The second-order valence-electron chi connectivity index (χ2n) is 8.46. The fourth-order valence-electron chi connectivity index (χ4n) is 4.03. The van der Waals surface area contributed by atoms with Crippen LogP contribution < -0.4 is 15.0 Å². The van der Waals surface area contributed by atoms with Crippen molar-refractivity contribution in [2.45, 2.75) is 13.3 Å². The van der Waals surface area contributed by atoms with E-state index >= 15 is 0 Å². The molecule has 35 heavy (non-hydrogen) atoms. The number of carbonyl (C=O) groups is 2. The minimum absolute atomic E-state index is 0.0847. The largest absolute Gasteiger partial charge is 0.497 e. The Kier molecular flexibility index (Phi) is 6.01. The predicted octanol–water partition coefficient (Wildman–Crippen LogP) is 4.71. The number of hydrogen-bond acceptors (Lipinski definition) is 6. The molecule has 2 heterocycles. The Morgan fingerprint density at radius 1 is 1.06 bits per heavy atom. The molecule has 1 fully saturated rings. The molecule has 1 N–H and O–H groups in total. The number of benzene rings is 3. The van der Waals surface area contributed by atoms with Crippen LogP contribution in [0.4, 0.5) is 11.4 Å². The van der Waals surface area contributed by atoms with E-state index in [9.17, 15) is 9.59 Å². The van der Waals surface area contributed by atoms with E-state index in [0.717, 1.165) is 16.8 Å². The maximum absolute atomic E-state index is 12.9. The van der Waals surface area contributed by atoms with Crippen molar-refractivity contribution in [1.82, 2.24) is 10.1 Å².